The number of hydrazone groups is 2. The number of halogens is 1. The number of hydrogen-bond acceptors (Lipinski definition) is 8. The number of aromatic amines is 1. The monoisotopic (exact) mass is 517 g/mol. The third-order valence-corrected chi connectivity index (χ3v) is 6.21. The molecule has 0 aliphatic carbocycles. The predicted molar refractivity (Wildman–Crippen MR) is 140 cm³/mol. The van der Waals surface area contributed by atoms with E-state index in [1.54, 1.807) is 12.3 Å². The number of nitrogen functional groups attached to an aromatic ring is 1. The Labute approximate surface area is 215 Å². The minimum atomic E-state index is -0.841. The van der Waals surface area contributed by atoms with E-state index in [2.05, 4.69) is 32.0 Å². The summed E-state index contributed by atoms with van der Waals surface area (Å²) in [7, 11) is 0. The number of fused-ring (bicyclic) bond motifs is 1. The van der Waals surface area contributed by atoms with Crippen molar-refractivity contribution in [2.24, 2.45) is 16.0 Å². The van der Waals surface area contributed by atoms with Gasteiger partial charge in [-0.25, -0.2) is 14.1 Å². The lowest BCUT2D eigenvalue weighted by atomic mass is 10.1. The van der Waals surface area contributed by atoms with Gasteiger partial charge in [0, 0.05) is 51.4 Å². The molecule has 194 valence electrons. The van der Waals surface area contributed by atoms with E-state index in [0.29, 0.717) is 24.7 Å². The van der Waals surface area contributed by atoms with Gasteiger partial charge in [0.25, 0.3) is 11.7 Å². The third-order valence-electron chi connectivity index (χ3n) is 6.21. The van der Waals surface area contributed by atoms with Gasteiger partial charge in [-0.2, -0.15) is 10.1 Å². The number of rotatable bonds is 5. The van der Waals surface area contributed by atoms with Crippen LogP contribution < -0.4 is 16.6 Å². The second-order valence-corrected chi connectivity index (χ2v) is 8.39. The van der Waals surface area contributed by atoms with Gasteiger partial charge in [-0.3, -0.25) is 9.59 Å². The lowest BCUT2D eigenvalue weighted by Crippen LogP contribution is -2.55. The lowest BCUT2D eigenvalue weighted by Gasteiger charge is -2.37. The number of nitrogens with two attached hydrogens (primary N) is 2. The van der Waals surface area contributed by atoms with Crippen molar-refractivity contribution in [2.75, 3.05) is 36.9 Å². The van der Waals surface area contributed by atoms with Crippen LogP contribution in [0.1, 0.15) is 10.4 Å². The fourth-order valence-corrected chi connectivity index (χ4v) is 4.37. The Morgan fingerprint density at radius 2 is 1.82 bits per heavy atom. The molecule has 14 heteroatoms. The zero-order valence-corrected chi connectivity index (χ0v) is 20.2. The number of amides is 1. The Hall–Kier alpha value is -5.27. The number of H-pyrrole nitrogens is 1. The second-order valence-electron chi connectivity index (χ2n) is 8.39. The topological polar surface area (TPSA) is 167 Å². The molecule has 38 heavy (non-hydrogen) atoms. The molecule has 13 nitrogen and oxygen atoms in total. The molecule has 4 aromatic rings. The number of guanidine groups is 1. The maximum Gasteiger partial charge on any atom is 0.295 e. The molecule has 5 rings (SSSR count). The Bertz CT molecular complexity index is 1540. The molecule has 1 amide bonds. The first kappa shape index (κ1) is 24.4. The van der Waals surface area contributed by atoms with Crippen LogP contribution in [-0.2, 0) is 4.79 Å². The van der Waals surface area contributed by atoms with E-state index >= 15 is 0 Å². The van der Waals surface area contributed by atoms with Crippen LogP contribution in [0, 0.1) is 5.82 Å². The molecule has 0 unspecified atom stereocenters. The van der Waals surface area contributed by atoms with Crippen LogP contribution in [0.4, 0.5) is 15.9 Å². The zero-order chi connectivity index (χ0) is 26.8. The molecule has 1 saturated heterocycles. The molecule has 0 radical (unpaired) electrons. The number of pyridine rings is 1. The smallest absolute Gasteiger partial charge is 0.295 e. The number of nitrogens with zero attached hydrogens (tertiary/aromatic N) is 8. The molecule has 4 heterocycles. The van der Waals surface area contributed by atoms with Crippen LogP contribution in [0.25, 0.3) is 16.7 Å². The lowest BCUT2D eigenvalue weighted by molar-refractivity contribution is -0.127. The van der Waals surface area contributed by atoms with Gasteiger partial charge in [0.05, 0.1) is 28.4 Å². The first-order valence-corrected chi connectivity index (χ1v) is 11.6. The van der Waals surface area contributed by atoms with Crippen molar-refractivity contribution in [2.45, 2.75) is 0 Å². The summed E-state index contributed by atoms with van der Waals surface area (Å²) < 4.78 is 16.2. The van der Waals surface area contributed by atoms with Gasteiger partial charge >= 0.3 is 0 Å². The summed E-state index contributed by atoms with van der Waals surface area (Å²) in [6.45, 7) is 4.72. The summed E-state index contributed by atoms with van der Waals surface area (Å²) in [5.41, 5.74) is 6.52. The standard InChI is InChI=1S/C24H24FN11O2/c1-28-36(15-5-3-2-4-6-15)24(31-27)34-11-9-33(10-12-34)23(38)21(37)16-13-29-20-19(16)17(25)14-30-22(20)35-8-7-18(26)32-35/h2-8,13-14,29H,1,9-12,27H2,(H2,26,32)/b31-24-. The number of ketones is 1. The van der Waals surface area contributed by atoms with Gasteiger partial charge in [-0.05, 0) is 12.1 Å². The van der Waals surface area contributed by atoms with E-state index in [1.807, 2.05) is 35.2 Å². The molecule has 0 atom stereocenters. The fraction of sp³-hybridized carbons (Fsp3) is 0.167. The van der Waals surface area contributed by atoms with Crippen LogP contribution in [0.15, 0.2) is 65.2 Å². The van der Waals surface area contributed by atoms with E-state index in [9.17, 15) is 14.0 Å². The number of benzene rings is 1. The summed E-state index contributed by atoms with van der Waals surface area (Å²) in [5, 5.41) is 13.4. The van der Waals surface area contributed by atoms with Gasteiger partial charge in [-0.15, -0.1) is 10.2 Å². The number of nitrogens with one attached hydrogen (secondary N) is 1. The number of piperazine rings is 1. The van der Waals surface area contributed by atoms with E-state index in [4.69, 9.17) is 11.6 Å². The number of para-hydroxylation sites is 1. The molecule has 1 aliphatic heterocycles. The maximum atomic E-state index is 14.8. The first-order chi connectivity index (χ1) is 18.4. The van der Waals surface area contributed by atoms with Gasteiger partial charge in [0.1, 0.15) is 5.82 Å². The highest BCUT2D eigenvalue weighted by molar-refractivity contribution is 6.45. The average Bonchev–Trinajstić information content (AvgIpc) is 3.59. The van der Waals surface area contributed by atoms with Gasteiger partial charge < -0.3 is 26.4 Å². The molecular weight excluding hydrogens is 493 g/mol. The number of aromatic nitrogens is 4. The highest BCUT2D eigenvalue weighted by Gasteiger charge is 2.32. The summed E-state index contributed by atoms with van der Waals surface area (Å²) in [6, 6.07) is 10.8. The minimum absolute atomic E-state index is 0.0471. The zero-order valence-electron chi connectivity index (χ0n) is 20.2. The van der Waals surface area contributed by atoms with Crippen molar-refractivity contribution in [1.29, 1.82) is 0 Å². The van der Waals surface area contributed by atoms with E-state index in [0.717, 1.165) is 6.20 Å². The molecule has 1 fully saturated rings. The van der Waals surface area contributed by atoms with Gasteiger partial charge in [0.15, 0.2) is 11.6 Å². The van der Waals surface area contributed by atoms with Crippen LogP contribution in [0.3, 0.4) is 0 Å². The Morgan fingerprint density at radius 1 is 1.11 bits per heavy atom. The highest BCUT2D eigenvalue weighted by Crippen LogP contribution is 2.27. The summed E-state index contributed by atoms with van der Waals surface area (Å²) in [5.74, 6) is 4.18. The molecular formula is C24H24FN11O2. The largest absolute Gasteiger partial charge is 0.382 e. The molecule has 0 bridgehead atoms. The van der Waals surface area contributed by atoms with E-state index in [1.165, 1.54) is 20.8 Å². The normalized spacial score (nSPS) is 14.1. The van der Waals surface area contributed by atoms with E-state index < -0.39 is 17.5 Å². The molecule has 0 spiro atoms. The van der Waals surface area contributed by atoms with Crippen LogP contribution in [0.5, 0.6) is 0 Å². The summed E-state index contributed by atoms with van der Waals surface area (Å²) >= 11 is 0. The molecule has 5 N–H and O–H groups in total. The maximum absolute atomic E-state index is 14.8. The van der Waals surface area contributed by atoms with Crippen LogP contribution in [0.2, 0.25) is 0 Å². The Balaban J connectivity index is 1.33. The quantitative estimate of drug-likeness (QED) is 0.0885. The van der Waals surface area contributed by atoms with Crippen LogP contribution >= 0.6 is 0 Å². The number of carbonyl (C=O) groups is 2. The van der Waals surface area contributed by atoms with Crippen molar-refractivity contribution in [3.8, 4) is 5.82 Å². The third kappa shape index (κ3) is 4.27. The molecule has 1 aliphatic rings. The highest BCUT2D eigenvalue weighted by atomic mass is 19.1. The minimum Gasteiger partial charge on any atom is -0.382 e. The number of hydrogen-bond donors (Lipinski definition) is 3. The Kier molecular flexibility index (Phi) is 6.43. The van der Waals surface area contributed by atoms with Gasteiger partial charge in [0.2, 0.25) is 5.96 Å². The second kappa shape index (κ2) is 10.0. The number of Topliss-reactive ketones (excluding diaryl/α,β-unsaturated/α-hetero) is 1. The molecule has 1 aromatic carbocycles. The predicted octanol–water partition coefficient (Wildman–Crippen LogP) is 1.15. The Morgan fingerprint density at radius 3 is 2.45 bits per heavy atom. The molecule has 0 saturated carbocycles. The average molecular weight is 518 g/mol. The van der Waals surface area contributed by atoms with Gasteiger partial charge in [-0.1, -0.05) is 18.2 Å². The summed E-state index contributed by atoms with van der Waals surface area (Å²) in [4.78, 5) is 36.5. The first-order valence-electron chi connectivity index (χ1n) is 11.6. The summed E-state index contributed by atoms with van der Waals surface area (Å²) in [6.07, 6.45) is 3.83. The van der Waals surface area contributed by atoms with Crippen molar-refractivity contribution in [3.63, 3.8) is 0 Å². The van der Waals surface area contributed by atoms with Crippen molar-refractivity contribution in [3.05, 3.63) is 66.4 Å². The number of anilines is 2. The molecule has 3 aromatic heterocycles. The van der Waals surface area contributed by atoms with Crippen molar-refractivity contribution < 1.29 is 14.0 Å². The van der Waals surface area contributed by atoms with Crippen LogP contribution in [-0.4, -0.2) is 80.1 Å². The van der Waals surface area contributed by atoms with Crippen molar-refractivity contribution in [1.82, 2.24) is 29.5 Å². The SMILES string of the molecule is C=NN(/C(=N\N)N1CCN(C(=O)C(=O)c2c[nH]c3c(-n4ccc(N)n4)ncc(F)c23)CC1)c1ccccc1. The number of carbonyl (C=O) groups excluding carboxylic acids is 2. The van der Waals surface area contributed by atoms with Crippen molar-refractivity contribution >= 4 is 46.8 Å². The van der Waals surface area contributed by atoms with E-state index in [-0.39, 0.29) is 41.2 Å². The fourth-order valence-electron chi connectivity index (χ4n) is 4.37.